The molecule has 0 unspecified atom stereocenters. The second-order valence-electron chi connectivity index (χ2n) is 3.53. The predicted molar refractivity (Wildman–Crippen MR) is 59.8 cm³/mol. The summed E-state index contributed by atoms with van der Waals surface area (Å²) in [6, 6.07) is 0. The average molecular weight is 253 g/mol. The molecular weight excluding hydrogens is 239 g/mol. The van der Waals surface area contributed by atoms with Crippen LogP contribution in [0.25, 0.3) is 0 Å². The van der Waals surface area contributed by atoms with Crippen molar-refractivity contribution >= 4 is 22.4 Å². The molecule has 1 aromatic rings. The van der Waals surface area contributed by atoms with Gasteiger partial charge in [-0.15, -0.1) is 0 Å². The Balaban J connectivity index is 2.89. The third-order valence-corrected chi connectivity index (χ3v) is 3.11. The quantitative estimate of drug-likeness (QED) is 0.897. The molecule has 3 nitrogen and oxygen atoms in total. The molecule has 0 saturated carbocycles. The lowest BCUT2D eigenvalue weighted by Crippen LogP contribution is -2.34. The van der Waals surface area contributed by atoms with Gasteiger partial charge in [0.15, 0.2) is 0 Å². The summed E-state index contributed by atoms with van der Waals surface area (Å²) in [5, 5.41) is 0.511. The highest BCUT2D eigenvalue weighted by atomic mass is 32.1. The molecule has 0 aliphatic rings. The van der Waals surface area contributed by atoms with Gasteiger partial charge in [-0.05, 0) is 24.9 Å². The van der Waals surface area contributed by atoms with Gasteiger partial charge in [-0.3, -0.25) is 0 Å². The molecule has 0 saturated heterocycles. The molecule has 0 aliphatic carbocycles. The molecule has 7 heteroatoms. The molecule has 0 atom stereocenters. The van der Waals surface area contributed by atoms with Gasteiger partial charge < -0.3 is 10.6 Å². The van der Waals surface area contributed by atoms with Crippen molar-refractivity contribution in [3.8, 4) is 0 Å². The topological polar surface area (TPSA) is 42.2 Å². The molecule has 16 heavy (non-hydrogen) atoms. The molecule has 92 valence electrons. The highest BCUT2D eigenvalue weighted by molar-refractivity contribution is 7.10. The lowest BCUT2D eigenvalue weighted by Gasteiger charge is -2.24. The molecular formula is C9H14F3N3S. The fourth-order valence-corrected chi connectivity index (χ4v) is 2.21. The number of rotatable bonds is 4. The van der Waals surface area contributed by atoms with Crippen molar-refractivity contribution in [2.24, 2.45) is 0 Å². The first-order valence-corrected chi connectivity index (χ1v) is 5.66. The summed E-state index contributed by atoms with van der Waals surface area (Å²) >= 11 is 1.02. The average Bonchev–Trinajstić information content (AvgIpc) is 2.45. The second-order valence-corrected chi connectivity index (χ2v) is 4.29. The summed E-state index contributed by atoms with van der Waals surface area (Å²) in [6.07, 6.45) is -3.56. The minimum Gasteiger partial charge on any atom is -0.383 e. The van der Waals surface area contributed by atoms with Crippen molar-refractivity contribution in [3.63, 3.8) is 0 Å². The van der Waals surface area contributed by atoms with Crippen LogP contribution in [0.1, 0.15) is 18.9 Å². The van der Waals surface area contributed by atoms with Gasteiger partial charge in [0.2, 0.25) is 0 Å². The summed E-state index contributed by atoms with van der Waals surface area (Å²) in [4.78, 5) is 1.28. The van der Waals surface area contributed by atoms with Crippen molar-refractivity contribution < 1.29 is 13.2 Å². The van der Waals surface area contributed by atoms with E-state index in [2.05, 4.69) is 4.37 Å². The van der Waals surface area contributed by atoms with E-state index < -0.39 is 12.7 Å². The molecule has 1 rings (SSSR count). The first-order chi connectivity index (χ1) is 7.35. The van der Waals surface area contributed by atoms with E-state index in [1.165, 1.54) is 4.90 Å². The number of aromatic nitrogens is 1. The van der Waals surface area contributed by atoms with Crippen molar-refractivity contribution in [3.05, 3.63) is 5.56 Å². The maximum Gasteiger partial charge on any atom is 0.405 e. The Labute approximate surface area is 96.2 Å². The Kier molecular flexibility index (Phi) is 4.01. The highest BCUT2D eigenvalue weighted by Crippen LogP contribution is 2.31. The van der Waals surface area contributed by atoms with E-state index in [4.69, 9.17) is 5.73 Å². The Morgan fingerprint density at radius 1 is 1.44 bits per heavy atom. The number of nitrogens with zero attached hydrogens (tertiary/aromatic N) is 2. The zero-order valence-electron chi connectivity index (χ0n) is 9.14. The molecule has 1 heterocycles. The van der Waals surface area contributed by atoms with E-state index in [0.717, 1.165) is 11.5 Å². The number of nitrogen functional groups attached to an aromatic ring is 1. The van der Waals surface area contributed by atoms with Crippen LogP contribution in [0, 0.1) is 6.92 Å². The smallest absolute Gasteiger partial charge is 0.383 e. The molecule has 0 radical (unpaired) electrons. The zero-order chi connectivity index (χ0) is 12.3. The lowest BCUT2D eigenvalue weighted by atomic mass is 10.3. The van der Waals surface area contributed by atoms with Crippen LogP contribution in [-0.4, -0.2) is 23.6 Å². The van der Waals surface area contributed by atoms with Crippen LogP contribution in [0.3, 0.4) is 0 Å². The Bertz CT molecular complexity index is 348. The molecule has 0 fully saturated rings. The largest absolute Gasteiger partial charge is 0.405 e. The van der Waals surface area contributed by atoms with Crippen LogP contribution in [0.2, 0.25) is 0 Å². The van der Waals surface area contributed by atoms with E-state index >= 15 is 0 Å². The molecule has 0 bridgehead atoms. The Morgan fingerprint density at radius 2 is 2.06 bits per heavy atom. The monoisotopic (exact) mass is 253 g/mol. The molecule has 0 aromatic carbocycles. The molecule has 1 aromatic heterocycles. The summed E-state index contributed by atoms with van der Waals surface area (Å²) in [7, 11) is 0. The fourth-order valence-electron chi connectivity index (χ4n) is 1.37. The summed E-state index contributed by atoms with van der Waals surface area (Å²) in [5.41, 5.74) is 6.16. The van der Waals surface area contributed by atoms with Crippen LogP contribution in [0.15, 0.2) is 0 Å². The maximum absolute atomic E-state index is 12.4. The second kappa shape index (κ2) is 4.90. The van der Waals surface area contributed by atoms with Crippen molar-refractivity contribution in [1.29, 1.82) is 0 Å². The minimum absolute atomic E-state index is 0.309. The van der Waals surface area contributed by atoms with Crippen molar-refractivity contribution in [2.75, 3.05) is 23.7 Å². The maximum atomic E-state index is 12.4. The summed E-state index contributed by atoms with van der Waals surface area (Å²) in [6.45, 7) is 2.92. The Morgan fingerprint density at radius 3 is 2.44 bits per heavy atom. The van der Waals surface area contributed by atoms with E-state index in [9.17, 15) is 13.2 Å². The van der Waals surface area contributed by atoms with Gasteiger partial charge in [-0.2, -0.15) is 17.5 Å². The number of halogens is 3. The normalized spacial score (nSPS) is 11.8. The SMILES string of the molecule is CCCN(CC(F)(F)F)c1snc(N)c1C. The number of anilines is 2. The van der Waals surface area contributed by atoms with E-state index in [1.54, 1.807) is 6.92 Å². The first-order valence-electron chi connectivity index (χ1n) is 4.88. The van der Waals surface area contributed by atoms with Crippen molar-refractivity contribution in [1.82, 2.24) is 4.37 Å². The van der Waals surface area contributed by atoms with Gasteiger partial charge in [-0.25, -0.2) is 0 Å². The van der Waals surface area contributed by atoms with Gasteiger partial charge in [0.05, 0.1) is 0 Å². The Hall–Kier alpha value is -0.980. The summed E-state index contributed by atoms with van der Waals surface area (Å²) < 4.78 is 41.0. The van der Waals surface area contributed by atoms with Crippen LogP contribution < -0.4 is 10.6 Å². The highest BCUT2D eigenvalue weighted by Gasteiger charge is 2.32. The molecule has 0 spiro atoms. The van der Waals surface area contributed by atoms with Crippen LogP contribution in [0.5, 0.6) is 0 Å². The number of hydrogen-bond donors (Lipinski definition) is 1. The molecule has 2 N–H and O–H groups in total. The zero-order valence-corrected chi connectivity index (χ0v) is 9.95. The van der Waals surface area contributed by atoms with E-state index in [1.807, 2.05) is 6.92 Å². The van der Waals surface area contributed by atoms with Gasteiger partial charge in [0.25, 0.3) is 0 Å². The molecule has 0 amide bonds. The van der Waals surface area contributed by atoms with E-state index in [0.29, 0.717) is 29.3 Å². The molecule has 0 aliphatic heterocycles. The van der Waals surface area contributed by atoms with Gasteiger partial charge in [0, 0.05) is 12.1 Å². The first kappa shape index (κ1) is 13.1. The van der Waals surface area contributed by atoms with Crippen LogP contribution >= 0.6 is 11.5 Å². The third-order valence-electron chi connectivity index (χ3n) is 2.09. The number of nitrogens with two attached hydrogens (primary N) is 1. The van der Waals surface area contributed by atoms with Crippen LogP contribution in [-0.2, 0) is 0 Å². The van der Waals surface area contributed by atoms with Crippen LogP contribution in [0.4, 0.5) is 24.0 Å². The standard InChI is InChI=1S/C9H14F3N3S/c1-3-4-15(5-9(10,11)12)8-6(2)7(13)14-16-8/h3-5H2,1-2H3,(H2,13,14). The number of hydrogen-bond acceptors (Lipinski definition) is 4. The fraction of sp³-hybridized carbons (Fsp3) is 0.667. The van der Waals surface area contributed by atoms with Gasteiger partial charge >= 0.3 is 6.18 Å². The minimum atomic E-state index is -4.21. The van der Waals surface area contributed by atoms with Gasteiger partial charge in [-0.1, -0.05) is 6.92 Å². The predicted octanol–water partition coefficient (Wildman–Crippen LogP) is 2.81. The summed E-state index contributed by atoms with van der Waals surface area (Å²) in [5.74, 6) is 0.309. The lowest BCUT2D eigenvalue weighted by molar-refractivity contribution is -0.119. The number of alkyl halides is 3. The van der Waals surface area contributed by atoms with E-state index in [-0.39, 0.29) is 0 Å². The third kappa shape index (κ3) is 3.26. The van der Waals surface area contributed by atoms with Crippen molar-refractivity contribution in [2.45, 2.75) is 26.4 Å². The van der Waals surface area contributed by atoms with Gasteiger partial charge in [0.1, 0.15) is 17.4 Å².